The fourth-order valence-electron chi connectivity index (χ4n) is 4.34. The molecule has 1 amide bonds. The second-order valence-electron chi connectivity index (χ2n) is 11.3. The van der Waals surface area contributed by atoms with Crippen molar-refractivity contribution in [2.45, 2.75) is 49.8 Å². The average molecular weight is 641 g/mol. The molecule has 0 saturated heterocycles. The minimum absolute atomic E-state index is 0.0735. The van der Waals surface area contributed by atoms with Crippen LogP contribution in [0.1, 0.15) is 49.4 Å². The van der Waals surface area contributed by atoms with Crippen LogP contribution in [0.25, 0.3) is 11.3 Å². The number of fused-ring (bicyclic) bond motifs is 1. The van der Waals surface area contributed by atoms with Crippen LogP contribution in [-0.4, -0.2) is 63.5 Å². The van der Waals surface area contributed by atoms with Crippen molar-refractivity contribution in [3.63, 3.8) is 0 Å². The lowest BCUT2D eigenvalue weighted by atomic mass is 9.89. The third-order valence-corrected chi connectivity index (χ3v) is 8.71. The molecule has 1 aliphatic heterocycles. The van der Waals surface area contributed by atoms with E-state index in [0.29, 0.717) is 0 Å². The van der Waals surface area contributed by atoms with Gasteiger partial charge in [0.1, 0.15) is 23.8 Å². The Balaban J connectivity index is 1.82. The van der Waals surface area contributed by atoms with E-state index >= 15 is 0 Å². The average Bonchev–Trinajstić information content (AvgIpc) is 3.30. The summed E-state index contributed by atoms with van der Waals surface area (Å²) in [6.45, 7) is 5.27. The standard InChI is InChI=1S/C29H32F4N4O6S/c1-26(2,3)44(40)37-27(4)15-43-24-18(27)11-22(36-23(24)16-7-9-17(30)10-8-16)28(39,29(31,32)33)14-35-25(38)19-12-20(41-5)21(42-6)13-34-19/h7-13,37,39H,14-15H2,1-6H3,(H,35,38). The first kappa shape index (κ1) is 33.1. The molecule has 44 heavy (non-hydrogen) atoms. The normalized spacial score (nSPS) is 18.5. The Bertz CT molecular complexity index is 1580. The van der Waals surface area contributed by atoms with Crippen LogP contribution in [0.15, 0.2) is 42.6 Å². The van der Waals surface area contributed by atoms with E-state index in [0.717, 1.165) is 24.4 Å². The topological polar surface area (TPSA) is 132 Å². The van der Waals surface area contributed by atoms with E-state index in [9.17, 15) is 31.7 Å². The number of nitrogens with one attached hydrogen (secondary N) is 2. The second kappa shape index (κ2) is 11.9. The molecule has 238 valence electrons. The summed E-state index contributed by atoms with van der Waals surface area (Å²) in [6.07, 6.45) is -4.18. The first-order valence-corrected chi connectivity index (χ1v) is 14.4. The second-order valence-corrected chi connectivity index (χ2v) is 13.3. The SMILES string of the molecule is COc1cnc(C(=O)NCC(O)(c2cc3c(c(-c4ccc(F)cc4)n2)OCC3(C)NS(=O)C(C)(C)C)C(F)(F)F)cc1OC. The maximum absolute atomic E-state index is 14.7. The number of rotatable bonds is 9. The van der Waals surface area contributed by atoms with E-state index in [-0.39, 0.29) is 46.4 Å². The summed E-state index contributed by atoms with van der Waals surface area (Å²) < 4.78 is 89.2. The molecule has 4 rings (SSSR count). The summed E-state index contributed by atoms with van der Waals surface area (Å²) in [5, 5.41) is 13.4. The molecule has 10 nitrogen and oxygen atoms in total. The first-order chi connectivity index (χ1) is 20.4. The maximum Gasteiger partial charge on any atom is 0.424 e. The zero-order valence-corrected chi connectivity index (χ0v) is 25.6. The van der Waals surface area contributed by atoms with Gasteiger partial charge in [0.25, 0.3) is 5.91 Å². The lowest BCUT2D eigenvalue weighted by molar-refractivity contribution is -0.265. The quantitative estimate of drug-likeness (QED) is 0.298. The van der Waals surface area contributed by atoms with Gasteiger partial charge < -0.3 is 24.6 Å². The van der Waals surface area contributed by atoms with Gasteiger partial charge in [0.05, 0.1) is 53.9 Å². The first-order valence-electron chi connectivity index (χ1n) is 13.2. The number of hydrogen-bond acceptors (Lipinski definition) is 8. The Kier molecular flexibility index (Phi) is 8.97. The predicted octanol–water partition coefficient (Wildman–Crippen LogP) is 4.14. The summed E-state index contributed by atoms with van der Waals surface area (Å²) in [5.41, 5.74) is -5.93. The van der Waals surface area contributed by atoms with Gasteiger partial charge >= 0.3 is 6.18 Å². The Morgan fingerprint density at radius 3 is 2.32 bits per heavy atom. The Morgan fingerprint density at radius 2 is 1.75 bits per heavy atom. The molecule has 3 heterocycles. The highest BCUT2D eigenvalue weighted by Crippen LogP contribution is 2.47. The van der Waals surface area contributed by atoms with E-state index in [1.54, 1.807) is 27.7 Å². The van der Waals surface area contributed by atoms with Crippen LogP contribution >= 0.6 is 0 Å². The molecular weight excluding hydrogens is 608 g/mol. The third-order valence-electron chi connectivity index (χ3n) is 6.97. The Hall–Kier alpha value is -3.82. The molecule has 0 fully saturated rings. The highest BCUT2D eigenvalue weighted by atomic mass is 32.2. The van der Waals surface area contributed by atoms with Crippen LogP contribution in [0.5, 0.6) is 17.2 Å². The number of benzene rings is 1. The number of pyridine rings is 2. The van der Waals surface area contributed by atoms with Crippen molar-refractivity contribution in [1.82, 2.24) is 20.0 Å². The highest BCUT2D eigenvalue weighted by Gasteiger charge is 2.57. The fourth-order valence-corrected chi connectivity index (χ4v) is 5.22. The van der Waals surface area contributed by atoms with E-state index in [1.807, 2.05) is 0 Å². The number of carbonyl (C=O) groups excluding carboxylic acids is 1. The number of nitrogens with zero attached hydrogens (tertiary/aromatic N) is 2. The van der Waals surface area contributed by atoms with Crippen LogP contribution < -0.4 is 24.2 Å². The Morgan fingerprint density at radius 1 is 1.11 bits per heavy atom. The molecule has 1 aliphatic rings. The molecule has 0 spiro atoms. The van der Waals surface area contributed by atoms with Gasteiger partial charge in [-0.25, -0.2) is 23.3 Å². The number of aromatic nitrogens is 2. The largest absolute Gasteiger partial charge is 0.493 e. The van der Waals surface area contributed by atoms with Gasteiger partial charge in [-0.1, -0.05) is 0 Å². The molecular formula is C29H32F4N4O6S. The van der Waals surface area contributed by atoms with Gasteiger partial charge in [-0.3, -0.25) is 4.79 Å². The number of hydrogen-bond donors (Lipinski definition) is 3. The van der Waals surface area contributed by atoms with Crippen molar-refractivity contribution < 1.29 is 45.9 Å². The molecule has 0 radical (unpaired) electrons. The maximum atomic E-state index is 14.7. The van der Waals surface area contributed by atoms with Crippen LogP contribution in [0.2, 0.25) is 0 Å². The van der Waals surface area contributed by atoms with Crippen molar-refractivity contribution in [2.75, 3.05) is 27.4 Å². The molecule has 0 saturated carbocycles. The van der Waals surface area contributed by atoms with Crippen LogP contribution in [0, 0.1) is 5.82 Å². The summed E-state index contributed by atoms with van der Waals surface area (Å²) in [5.74, 6) is -1.25. The summed E-state index contributed by atoms with van der Waals surface area (Å²) in [7, 11) is 0.978. The molecule has 3 unspecified atom stereocenters. The lowest BCUT2D eigenvalue weighted by Crippen LogP contribution is -2.52. The molecule has 3 N–H and O–H groups in total. The monoisotopic (exact) mass is 640 g/mol. The van der Waals surface area contributed by atoms with Crippen molar-refractivity contribution >= 4 is 16.9 Å². The number of carbonyl (C=O) groups is 1. The van der Waals surface area contributed by atoms with Crippen molar-refractivity contribution in [1.29, 1.82) is 0 Å². The van der Waals surface area contributed by atoms with Gasteiger partial charge in [0.2, 0.25) is 5.60 Å². The number of amides is 1. The zero-order valence-electron chi connectivity index (χ0n) is 24.8. The number of aliphatic hydroxyl groups is 1. The summed E-state index contributed by atoms with van der Waals surface area (Å²) in [6, 6.07) is 6.99. The molecule has 15 heteroatoms. The summed E-state index contributed by atoms with van der Waals surface area (Å²) >= 11 is 0. The molecule has 3 aromatic rings. The summed E-state index contributed by atoms with van der Waals surface area (Å²) in [4.78, 5) is 20.9. The van der Waals surface area contributed by atoms with Crippen molar-refractivity contribution in [3.8, 4) is 28.5 Å². The van der Waals surface area contributed by atoms with Crippen LogP contribution in [0.3, 0.4) is 0 Å². The van der Waals surface area contributed by atoms with Crippen molar-refractivity contribution in [3.05, 3.63) is 65.4 Å². The van der Waals surface area contributed by atoms with Gasteiger partial charge in [-0.15, -0.1) is 0 Å². The van der Waals surface area contributed by atoms with E-state index in [1.165, 1.54) is 32.4 Å². The fraction of sp³-hybridized carbons (Fsp3) is 0.414. The smallest absolute Gasteiger partial charge is 0.424 e. The number of ether oxygens (including phenoxy) is 3. The molecule has 2 aromatic heterocycles. The molecule has 1 aromatic carbocycles. The molecule has 0 aliphatic carbocycles. The molecule has 0 bridgehead atoms. The van der Waals surface area contributed by atoms with Gasteiger partial charge in [-0.05, 0) is 58.0 Å². The van der Waals surface area contributed by atoms with Crippen molar-refractivity contribution in [2.24, 2.45) is 0 Å². The Labute approximate surface area is 253 Å². The van der Waals surface area contributed by atoms with Crippen LogP contribution in [-0.2, 0) is 22.1 Å². The van der Waals surface area contributed by atoms with Crippen LogP contribution in [0.4, 0.5) is 17.6 Å². The third kappa shape index (κ3) is 6.35. The van der Waals surface area contributed by atoms with E-state index in [2.05, 4.69) is 20.0 Å². The predicted molar refractivity (Wildman–Crippen MR) is 153 cm³/mol. The van der Waals surface area contributed by atoms with Gasteiger partial charge in [-0.2, -0.15) is 13.2 Å². The number of halogens is 4. The van der Waals surface area contributed by atoms with Gasteiger partial charge in [0, 0.05) is 17.2 Å². The zero-order chi connectivity index (χ0) is 32.7. The minimum Gasteiger partial charge on any atom is -0.493 e. The van der Waals surface area contributed by atoms with E-state index in [4.69, 9.17) is 14.2 Å². The van der Waals surface area contributed by atoms with Gasteiger partial charge in [0.15, 0.2) is 17.2 Å². The van der Waals surface area contributed by atoms with E-state index < -0.39 is 57.0 Å². The minimum atomic E-state index is -5.34. The molecule has 3 atom stereocenters. The number of alkyl halides is 3. The highest BCUT2D eigenvalue weighted by molar-refractivity contribution is 7.84. The lowest BCUT2D eigenvalue weighted by Gasteiger charge is -2.32. The number of methoxy groups -OCH3 is 2.